The van der Waals surface area contributed by atoms with Gasteiger partial charge in [-0.15, -0.1) is 0 Å². The second-order valence-corrected chi connectivity index (χ2v) is 9.27. The second-order valence-electron chi connectivity index (χ2n) is 3.81. The molecule has 0 unspecified atom stereocenters. The van der Waals surface area contributed by atoms with Gasteiger partial charge in [0.2, 0.25) is 0 Å². The van der Waals surface area contributed by atoms with Crippen LogP contribution in [0.1, 0.15) is 0 Å². The summed E-state index contributed by atoms with van der Waals surface area (Å²) in [4.78, 5) is 28.1. The largest absolute Gasteiger partial charge is 0.667 e. The molecule has 0 spiro atoms. The summed E-state index contributed by atoms with van der Waals surface area (Å²) in [7, 11) is -9.43. The maximum Gasteiger partial charge on any atom is 0.667 e. The van der Waals surface area contributed by atoms with Crippen LogP contribution in [0.4, 0.5) is 0 Å². The molecule has 8 heteroatoms. The molecule has 2 aromatic carbocycles. The minimum absolute atomic E-state index is 0.0910. The van der Waals surface area contributed by atoms with E-state index in [0.717, 1.165) is 0 Å². The predicted molar refractivity (Wildman–Crippen MR) is 75.3 cm³/mol. The zero-order chi connectivity index (χ0) is 14.6. The van der Waals surface area contributed by atoms with Gasteiger partial charge in [-0.1, -0.05) is 36.4 Å². The van der Waals surface area contributed by atoms with Crippen LogP contribution in [-0.2, 0) is 4.57 Å². The average molecular weight is 315 g/mol. The summed E-state index contributed by atoms with van der Waals surface area (Å²) in [6.45, 7) is 0. The SMILES string of the molecule is O=P(Oc1ccccc1)(Oc1ccccc1)[P+](O)(O)O. The third-order valence-corrected chi connectivity index (χ3v) is 6.26. The third-order valence-electron chi connectivity index (χ3n) is 2.26. The lowest BCUT2D eigenvalue weighted by molar-refractivity contribution is 0.319. The van der Waals surface area contributed by atoms with Crippen molar-refractivity contribution in [3.8, 4) is 11.5 Å². The lowest BCUT2D eigenvalue weighted by Crippen LogP contribution is -2.05. The molecule has 0 radical (unpaired) electrons. The van der Waals surface area contributed by atoms with E-state index in [0.29, 0.717) is 0 Å². The topological polar surface area (TPSA) is 96.2 Å². The van der Waals surface area contributed by atoms with Crippen LogP contribution in [0.25, 0.3) is 0 Å². The Hall–Kier alpha value is -1.42. The van der Waals surface area contributed by atoms with Crippen LogP contribution in [0, 0.1) is 0 Å². The summed E-state index contributed by atoms with van der Waals surface area (Å²) in [6, 6.07) is 15.6. The highest BCUT2D eigenvalue weighted by molar-refractivity contribution is 8.30. The van der Waals surface area contributed by atoms with Gasteiger partial charge in [-0.2, -0.15) is 19.2 Å². The summed E-state index contributed by atoms with van der Waals surface area (Å²) in [5, 5.41) is 0. The van der Waals surface area contributed by atoms with Crippen molar-refractivity contribution in [2.75, 3.05) is 0 Å². The molecule has 0 atom stereocenters. The Morgan fingerprint density at radius 1 is 0.750 bits per heavy atom. The summed E-state index contributed by atoms with van der Waals surface area (Å²) in [6.07, 6.45) is 0. The molecule has 0 aromatic heterocycles. The number of para-hydroxylation sites is 2. The van der Waals surface area contributed by atoms with Gasteiger partial charge in [0, 0.05) is 0 Å². The average Bonchev–Trinajstić information content (AvgIpc) is 2.39. The molecular formula is C12H13O6P2+. The Morgan fingerprint density at radius 2 is 1.10 bits per heavy atom. The molecule has 0 saturated heterocycles. The van der Waals surface area contributed by atoms with E-state index in [2.05, 4.69) is 0 Å². The molecule has 0 heterocycles. The van der Waals surface area contributed by atoms with Crippen LogP contribution in [0.5, 0.6) is 11.5 Å². The monoisotopic (exact) mass is 315 g/mol. The standard InChI is InChI=1S/C12H13O6P2/c13-19(14,15)20(16,17-11-7-3-1-4-8-11)18-12-9-5-2-6-10-12/h1-10,13-15H/q+1. The summed E-state index contributed by atoms with van der Waals surface area (Å²) < 4.78 is 22.4. The molecule has 0 aliphatic rings. The lowest BCUT2D eigenvalue weighted by atomic mass is 10.3. The fraction of sp³-hybridized carbons (Fsp3) is 0. The van der Waals surface area contributed by atoms with Crippen LogP contribution >= 0.6 is 14.9 Å². The lowest BCUT2D eigenvalue weighted by Gasteiger charge is -2.17. The smallest absolute Gasteiger partial charge is 0.383 e. The molecule has 20 heavy (non-hydrogen) atoms. The van der Waals surface area contributed by atoms with Crippen molar-refractivity contribution in [3.05, 3.63) is 60.7 Å². The highest BCUT2D eigenvalue weighted by Crippen LogP contribution is 2.81. The van der Waals surface area contributed by atoms with Gasteiger partial charge in [-0.25, -0.2) is 0 Å². The zero-order valence-corrected chi connectivity index (χ0v) is 12.0. The van der Waals surface area contributed by atoms with Crippen molar-refractivity contribution in [3.63, 3.8) is 0 Å². The van der Waals surface area contributed by atoms with E-state index < -0.39 is 14.9 Å². The summed E-state index contributed by atoms with van der Waals surface area (Å²) in [5.74, 6) is 0.182. The number of rotatable bonds is 5. The van der Waals surface area contributed by atoms with Crippen LogP contribution in [0.3, 0.4) is 0 Å². The van der Waals surface area contributed by atoms with E-state index in [1.165, 1.54) is 24.3 Å². The molecule has 6 nitrogen and oxygen atoms in total. The fourth-order valence-electron chi connectivity index (χ4n) is 1.36. The van der Waals surface area contributed by atoms with Gasteiger partial charge in [-0.05, 0) is 24.3 Å². The number of benzene rings is 2. The Morgan fingerprint density at radius 3 is 1.40 bits per heavy atom. The van der Waals surface area contributed by atoms with E-state index in [-0.39, 0.29) is 11.5 Å². The van der Waals surface area contributed by atoms with E-state index in [4.69, 9.17) is 9.05 Å². The van der Waals surface area contributed by atoms with Crippen LogP contribution in [-0.4, -0.2) is 14.7 Å². The van der Waals surface area contributed by atoms with Crippen molar-refractivity contribution in [2.24, 2.45) is 0 Å². The summed E-state index contributed by atoms with van der Waals surface area (Å²) in [5.41, 5.74) is 0. The van der Waals surface area contributed by atoms with Crippen LogP contribution in [0.2, 0.25) is 0 Å². The summed E-state index contributed by atoms with van der Waals surface area (Å²) >= 11 is 0. The molecule has 2 rings (SSSR count). The van der Waals surface area contributed by atoms with E-state index in [1.54, 1.807) is 36.4 Å². The first-order chi connectivity index (χ1) is 9.41. The molecule has 0 aliphatic heterocycles. The van der Waals surface area contributed by atoms with E-state index in [9.17, 15) is 19.2 Å². The molecule has 0 amide bonds. The molecular weight excluding hydrogens is 302 g/mol. The minimum Gasteiger partial charge on any atom is -0.383 e. The molecule has 2 aromatic rings. The van der Waals surface area contributed by atoms with Gasteiger partial charge in [0.25, 0.3) is 0 Å². The zero-order valence-electron chi connectivity index (χ0n) is 10.2. The molecule has 0 saturated carbocycles. The van der Waals surface area contributed by atoms with Crippen molar-refractivity contribution in [1.29, 1.82) is 0 Å². The van der Waals surface area contributed by atoms with E-state index in [1.807, 2.05) is 0 Å². The van der Waals surface area contributed by atoms with Crippen LogP contribution in [0.15, 0.2) is 60.7 Å². The molecule has 3 N–H and O–H groups in total. The van der Waals surface area contributed by atoms with Crippen molar-refractivity contribution in [2.45, 2.75) is 0 Å². The normalized spacial score (nSPS) is 11.9. The van der Waals surface area contributed by atoms with Gasteiger partial charge in [0.15, 0.2) is 0 Å². The third kappa shape index (κ3) is 3.57. The minimum atomic E-state index is -4.86. The first-order valence-electron chi connectivity index (χ1n) is 5.58. The molecule has 0 bridgehead atoms. The van der Waals surface area contributed by atoms with Gasteiger partial charge < -0.3 is 9.05 Å². The van der Waals surface area contributed by atoms with Crippen molar-refractivity contribution >= 4 is 14.9 Å². The highest BCUT2D eigenvalue weighted by atomic mass is 32.1. The second kappa shape index (κ2) is 5.92. The Balaban J connectivity index is 2.30. The first kappa shape index (κ1) is 15.0. The molecule has 0 aliphatic carbocycles. The first-order valence-corrected chi connectivity index (χ1v) is 9.47. The quantitative estimate of drug-likeness (QED) is 0.734. The number of hydrogen-bond acceptors (Lipinski definition) is 6. The Bertz CT molecular complexity index is 551. The van der Waals surface area contributed by atoms with Gasteiger partial charge in [0.1, 0.15) is 11.5 Å². The maximum absolute atomic E-state index is 12.4. The maximum atomic E-state index is 12.4. The van der Waals surface area contributed by atoms with Gasteiger partial charge in [-0.3, -0.25) is 0 Å². The molecule has 0 fully saturated rings. The highest BCUT2D eigenvalue weighted by Gasteiger charge is 2.63. The van der Waals surface area contributed by atoms with Gasteiger partial charge >= 0.3 is 14.9 Å². The van der Waals surface area contributed by atoms with E-state index >= 15 is 0 Å². The van der Waals surface area contributed by atoms with Crippen LogP contribution < -0.4 is 9.05 Å². The predicted octanol–water partition coefficient (Wildman–Crippen LogP) is 2.99. The van der Waals surface area contributed by atoms with Crippen molar-refractivity contribution < 1.29 is 28.3 Å². The number of hydrogen-bond donors (Lipinski definition) is 3. The Kier molecular flexibility index (Phi) is 4.43. The molecule has 106 valence electrons. The van der Waals surface area contributed by atoms with Gasteiger partial charge in [0.05, 0.1) is 0 Å². The Labute approximate surface area is 116 Å². The van der Waals surface area contributed by atoms with Crippen molar-refractivity contribution in [1.82, 2.24) is 0 Å². The fourth-order valence-corrected chi connectivity index (χ4v) is 3.61.